The third kappa shape index (κ3) is 3.09. The van der Waals surface area contributed by atoms with Gasteiger partial charge in [0.1, 0.15) is 5.71 Å². The third-order valence-corrected chi connectivity index (χ3v) is 4.84. The molecule has 0 bridgehead atoms. The highest BCUT2D eigenvalue weighted by atomic mass is 35.5. The maximum atomic E-state index is 13.0. The van der Waals surface area contributed by atoms with Gasteiger partial charge in [0.2, 0.25) is 0 Å². The van der Waals surface area contributed by atoms with Gasteiger partial charge in [0.25, 0.3) is 5.91 Å². The SMILES string of the molecule is O=C1C(=Nc2ccc(Cl)c(Cl)c2)c2ccccc2N1Cc1cccnc1. The van der Waals surface area contributed by atoms with E-state index in [0.717, 1.165) is 16.8 Å². The number of halogens is 2. The Morgan fingerprint density at radius 1 is 1.00 bits per heavy atom. The van der Waals surface area contributed by atoms with Gasteiger partial charge >= 0.3 is 0 Å². The molecule has 128 valence electrons. The second-order valence-corrected chi connectivity index (χ2v) is 6.64. The van der Waals surface area contributed by atoms with Gasteiger partial charge in [-0.05, 0) is 35.9 Å². The fourth-order valence-electron chi connectivity index (χ4n) is 2.88. The number of para-hydroxylation sites is 1. The van der Waals surface area contributed by atoms with E-state index >= 15 is 0 Å². The third-order valence-electron chi connectivity index (χ3n) is 4.11. The van der Waals surface area contributed by atoms with Crippen LogP contribution in [0.25, 0.3) is 0 Å². The normalized spacial score (nSPS) is 14.8. The highest BCUT2D eigenvalue weighted by molar-refractivity contribution is 6.54. The van der Waals surface area contributed by atoms with E-state index in [1.807, 2.05) is 36.4 Å². The Bertz CT molecular complexity index is 1020. The van der Waals surface area contributed by atoms with Crippen molar-refractivity contribution in [2.75, 3.05) is 4.90 Å². The van der Waals surface area contributed by atoms with Crippen molar-refractivity contribution in [2.45, 2.75) is 6.54 Å². The molecule has 0 aliphatic carbocycles. The molecule has 1 aromatic heterocycles. The van der Waals surface area contributed by atoms with E-state index < -0.39 is 0 Å². The largest absolute Gasteiger partial charge is 0.302 e. The summed E-state index contributed by atoms with van der Waals surface area (Å²) in [6, 6.07) is 16.5. The Morgan fingerprint density at radius 2 is 1.85 bits per heavy atom. The molecule has 2 heterocycles. The minimum atomic E-state index is -0.152. The molecule has 0 radical (unpaired) electrons. The first-order chi connectivity index (χ1) is 12.6. The first-order valence-electron chi connectivity index (χ1n) is 7.97. The number of hydrogen-bond donors (Lipinski definition) is 0. The summed E-state index contributed by atoms with van der Waals surface area (Å²) in [6.45, 7) is 0.435. The van der Waals surface area contributed by atoms with Gasteiger partial charge in [-0.25, -0.2) is 4.99 Å². The van der Waals surface area contributed by atoms with Crippen LogP contribution in [0.15, 0.2) is 72.0 Å². The highest BCUT2D eigenvalue weighted by Gasteiger charge is 2.33. The molecule has 0 saturated heterocycles. The topological polar surface area (TPSA) is 45.6 Å². The van der Waals surface area contributed by atoms with Gasteiger partial charge in [0, 0.05) is 18.0 Å². The highest BCUT2D eigenvalue weighted by Crippen LogP contribution is 2.33. The van der Waals surface area contributed by atoms with Gasteiger partial charge in [-0.1, -0.05) is 47.5 Å². The Kier molecular flexibility index (Phi) is 4.45. The van der Waals surface area contributed by atoms with E-state index in [1.54, 1.807) is 35.5 Å². The number of aromatic nitrogens is 1. The van der Waals surface area contributed by atoms with Crippen LogP contribution in [0.4, 0.5) is 11.4 Å². The molecule has 4 rings (SSSR count). The number of pyridine rings is 1. The summed E-state index contributed by atoms with van der Waals surface area (Å²) in [6.07, 6.45) is 3.46. The molecular weight excluding hydrogens is 369 g/mol. The molecule has 3 aromatic rings. The number of rotatable bonds is 3. The zero-order valence-corrected chi connectivity index (χ0v) is 15.1. The van der Waals surface area contributed by atoms with Crippen molar-refractivity contribution >= 4 is 46.2 Å². The minimum Gasteiger partial charge on any atom is -0.302 e. The van der Waals surface area contributed by atoms with E-state index in [0.29, 0.717) is 28.0 Å². The number of nitrogens with zero attached hydrogens (tertiary/aromatic N) is 3. The predicted molar refractivity (Wildman–Crippen MR) is 105 cm³/mol. The first kappa shape index (κ1) is 16.8. The molecule has 1 amide bonds. The summed E-state index contributed by atoms with van der Waals surface area (Å²) in [5.74, 6) is -0.152. The molecule has 0 N–H and O–H groups in total. The lowest BCUT2D eigenvalue weighted by atomic mass is 10.1. The Hall–Kier alpha value is -2.69. The summed E-state index contributed by atoms with van der Waals surface area (Å²) >= 11 is 12.0. The van der Waals surface area contributed by atoms with E-state index in [1.165, 1.54) is 0 Å². The zero-order valence-electron chi connectivity index (χ0n) is 13.6. The maximum absolute atomic E-state index is 13.0. The second-order valence-electron chi connectivity index (χ2n) is 5.83. The van der Waals surface area contributed by atoms with Gasteiger partial charge in [-0.3, -0.25) is 9.78 Å². The molecule has 0 unspecified atom stereocenters. The van der Waals surface area contributed by atoms with Crippen molar-refractivity contribution in [1.82, 2.24) is 4.98 Å². The lowest BCUT2D eigenvalue weighted by Gasteiger charge is -2.16. The average Bonchev–Trinajstić information content (AvgIpc) is 2.92. The van der Waals surface area contributed by atoms with Gasteiger partial charge in [0.15, 0.2) is 0 Å². The van der Waals surface area contributed by atoms with Crippen molar-refractivity contribution in [1.29, 1.82) is 0 Å². The van der Waals surface area contributed by atoms with Crippen LogP contribution in [0.2, 0.25) is 10.0 Å². The summed E-state index contributed by atoms with van der Waals surface area (Å²) in [4.78, 5) is 23.4. The Balaban J connectivity index is 1.76. The fourth-order valence-corrected chi connectivity index (χ4v) is 3.18. The fraction of sp³-hybridized carbons (Fsp3) is 0.0500. The van der Waals surface area contributed by atoms with E-state index in [2.05, 4.69) is 9.98 Å². The molecular formula is C20H13Cl2N3O. The summed E-state index contributed by atoms with van der Waals surface area (Å²) in [5, 5.41) is 0.853. The molecule has 0 saturated carbocycles. The van der Waals surface area contributed by atoms with Crippen molar-refractivity contribution in [3.05, 3.63) is 88.2 Å². The van der Waals surface area contributed by atoms with Crippen LogP contribution in [0.5, 0.6) is 0 Å². The van der Waals surface area contributed by atoms with Crippen molar-refractivity contribution < 1.29 is 4.79 Å². The first-order valence-corrected chi connectivity index (χ1v) is 8.73. The predicted octanol–water partition coefficient (Wildman–Crippen LogP) is 5.06. The van der Waals surface area contributed by atoms with Crippen LogP contribution in [0.1, 0.15) is 11.1 Å². The van der Waals surface area contributed by atoms with Crippen LogP contribution in [-0.2, 0) is 11.3 Å². The number of anilines is 1. The molecule has 0 fully saturated rings. The maximum Gasteiger partial charge on any atom is 0.277 e. The van der Waals surface area contributed by atoms with Crippen LogP contribution in [0.3, 0.4) is 0 Å². The average molecular weight is 382 g/mol. The van der Waals surface area contributed by atoms with Crippen molar-refractivity contribution in [3.63, 3.8) is 0 Å². The van der Waals surface area contributed by atoms with Crippen LogP contribution in [0, 0.1) is 0 Å². The lowest BCUT2D eigenvalue weighted by Crippen LogP contribution is -2.29. The van der Waals surface area contributed by atoms with Crippen LogP contribution < -0.4 is 4.90 Å². The second kappa shape index (κ2) is 6.90. The zero-order chi connectivity index (χ0) is 18.1. The van der Waals surface area contributed by atoms with Crippen molar-refractivity contribution in [3.8, 4) is 0 Å². The van der Waals surface area contributed by atoms with E-state index in [4.69, 9.17) is 23.2 Å². The Morgan fingerprint density at radius 3 is 2.62 bits per heavy atom. The van der Waals surface area contributed by atoms with Gasteiger partial charge < -0.3 is 4.90 Å². The minimum absolute atomic E-state index is 0.152. The Labute approximate surface area is 160 Å². The van der Waals surface area contributed by atoms with Crippen LogP contribution in [-0.4, -0.2) is 16.6 Å². The number of aliphatic imine (C=N–C) groups is 1. The molecule has 4 nitrogen and oxygen atoms in total. The smallest absolute Gasteiger partial charge is 0.277 e. The monoisotopic (exact) mass is 381 g/mol. The quantitative estimate of drug-likeness (QED) is 0.636. The number of amides is 1. The molecule has 6 heteroatoms. The number of benzene rings is 2. The standard InChI is InChI=1S/C20H13Cl2N3O/c21-16-8-7-14(10-17(16)22)24-19-15-5-1-2-6-18(15)25(20(19)26)12-13-4-3-9-23-11-13/h1-11H,12H2. The van der Waals surface area contributed by atoms with E-state index in [-0.39, 0.29) is 5.91 Å². The molecule has 26 heavy (non-hydrogen) atoms. The molecule has 0 atom stereocenters. The number of carbonyl (C=O) groups excluding carboxylic acids is 1. The van der Waals surface area contributed by atoms with Gasteiger partial charge in [-0.2, -0.15) is 0 Å². The van der Waals surface area contributed by atoms with Crippen molar-refractivity contribution in [2.24, 2.45) is 4.99 Å². The summed E-state index contributed by atoms with van der Waals surface area (Å²) < 4.78 is 0. The number of fused-ring (bicyclic) bond motifs is 1. The van der Waals surface area contributed by atoms with Gasteiger partial charge in [0.05, 0.1) is 28.0 Å². The lowest BCUT2D eigenvalue weighted by molar-refractivity contribution is -0.112. The molecule has 1 aliphatic rings. The molecule has 0 spiro atoms. The molecule has 1 aliphatic heterocycles. The molecule has 2 aromatic carbocycles. The van der Waals surface area contributed by atoms with Gasteiger partial charge in [-0.15, -0.1) is 0 Å². The summed E-state index contributed by atoms with van der Waals surface area (Å²) in [7, 11) is 0. The number of hydrogen-bond acceptors (Lipinski definition) is 3. The van der Waals surface area contributed by atoms with E-state index in [9.17, 15) is 4.79 Å². The summed E-state index contributed by atoms with van der Waals surface area (Å²) in [5.41, 5.74) is 3.56. The number of carbonyl (C=O) groups is 1. The van der Waals surface area contributed by atoms with Crippen LogP contribution >= 0.6 is 23.2 Å².